The van der Waals surface area contributed by atoms with E-state index in [9.17, 15) is 0 Å². The van der Waals surface area contributed by atoms with Crippen molar-refractivity contribution >= 4 is 0 Å². The summed E-state index contributed by atoms with van der Waals surface area (Å²) in [6, 6.07) is 0. The van der Waals surface area contributed by atoms with Crippen molar-refractivity contribution in [3.05, 3.63) is 6.92 Å². The summed E-state index contributed by atoms with van der Waals surface area (Å²) in [5, 5.41) is 0. The molecule has 0 aliphatic rings. The molecular formula is C4H9OZn. The Morgan fingerprint density at radius 2 is 1.83 bits per heavy atom. The van der Waals surface area contributed by atoms with E-state index in [0.717, 1.165) is 6.42 Å². The maximum absolute atomic E-state index is 8.38. The fourth-order valence-electron chi connectivity index (χ4n) is 0. The molecule has 0 N–H and O–H groups in total. The summed E-state index contributed by atoms with van der Waals surface area (Å²) in [5.74, 6) is 0. The number of rotatable bonds is 1. The summed E-state index contributed by atoms with van der Waals surface area (Å²) >= 11 is 0.125. The minimum atomic E-state index is 0.125. The quantitative estimate of drug-likeness (QED) is 0.502. The third kappa shape index (κ3) is 25.6. The molecule has 0 aliphatic heterocycles. The van der Waals surface area contributed by atoms with E-state index >= 15 is 0 Å². The molecule has 0 aromatic carbocycles. The minimum absolute atomic E-state index is 0.125. The molecule has 0 saturated carbocycles. The van der Waals surface area contributed by atoms with Crippen LogP contribution in [0.3, 0.4) is 0 Å². The first-order chi connectivity index (χ1) is 2.91. The van der Waals surface area contributed by atoms with Crippen LogP contribution >= 0.6 is 0 Å². The second kappa shape index (κ2) is 18.1. The van der Waals surface area contributed by atoms with E-state index in [4.69, 9.17) is 3.57 Å². The molecule has 0 unspecified atom stereocenters. The van der Waals surface area contributed by atoms with Crippen LogP contribution in [-0.2, 0) is 21.8 Å². The van der Waals surface area contributed by atoms with Crippen LogP contribution in [-0.4, -0.2) is 0 Å². The topological polar surface area (TPSA) is 17.1 Å². The van der Waals surface area contributed by atoms with Gasteiger partial charge in [0.15, 0.2) is 0 Å². The SMILES string of the molecule is [CH2]CCC.[O]=[Zn]. The molecule has 0 aromatic rings. The van der Waals surface area contributed by atoms with Crippen LogP contribution in [0.2, 0.25) is 0 Å². The van der Waals surface area contributed by atoms with Gasteiger partial charge < -0.3 is 0 Å². The monoisotopic (exact) mass is 137 g/mol. The van der Waals surface area contributed by atoms with Gasteiger partial charge in [0.05, 0.1) is 0 Å². The Labute approximate surface area is 49.1 Å². The van der Waals surface area contributed by atoms with Crippen molar-refractivity contribution in [3.8, 4) is 0 Å². The molecule has 0 fully saturated rings. The van der Waals surface area contributed by atoms with Gasteiger partial charge in [0, 0.05) is 0 Å². The fraction of sp³-hybridized carbons (Fsp3) is 0.750. The average Bonchev–Trinajstić information content (AvgIpc) is 1.72. The molecule has 0 aliphatic carbocycles. The predicted molar refractivity (Wildman–Crippen MR) is 21.0 cm³/mol. The van der Waals surface area contributed by atoms with Gasteiger partial charge in [0.25, 0.3) is 0 Å². The van der Waals surface area contributed by atoms with Gasteiger partial charge in [-0.15, -0.1) is 0 Å². The molecular weight excluding hydrogens is 129 g/mol. The van der Waals surface area contributed by atoms with Gasteiger partial charge in [0.2, 0.25) is 0 Å². The number of unbranched alkanes of at least 4 members (excludes halogenated alkanes) is 1. The van der Waals surface area contributed by atoms with Crippen molar-refractivity contribution in [2.45, 2.75) is 19.8 Å². The average molecular weight is 139 g/mol. The normalized spacial score (nSPS) is 6.00. The van der Waals surface area contributed by atoms with Gasteiger partial charge in [-0.3, -0.25) is 0 Å². The molecule has 2 heteroatoms. The first-order valence-electron chi connectivity index (χ1n) is 2.00. The van der Waals surface area contributed by atoms with Crippen molar-refractivity contribution in [2.24, 2.45) is 0 Å². The standard InChI is InChI=1S/C4H9.O.Zn/c1-3-4-2;;/h1,3-4H2,2H3;;. The summed E-state index contributed by atoms with van der Waals surface area (Å²) in [6.45, 7) is 5.72. The molecule has 1 nitrogen and oxygen atoms in total. The molecule has 0 aromatic heterocycles. The van der Waals surface area contributed by atoms with Crippen molar-refractivity contribution in [3.63, 3.8) is 0 Å². The summed E-state index contributed by atoms with van der Waals surface area (Å²) < 4.78 is 8.38. The maximum atomic E-state index is 8.38. The zero-order valence-electron chi connectivity index (χ0n) is 4.24. The molecule has 0 heterocycles. The Bertz CT molecular complexity index is 15.0. The Kier molecular flexibility index (Phi) is 29.1. The molecule has 33 valence electrons. The first-order valence-corrected chi connectivity index (χ1v) is 3.21. The zero-order chi connectivity index (χ0) is 5.41. The van der Waals surface area contributed by atoms with E-state index in [1.807, 2.05) is 0 Å². The van der Waals surface area contributed by atoms with E-state index in [0.29, 0.717) is 0 Å². The van der Waals surface area contributed by atoms with Crippen LogP contribution in [0.4, 0.5) is 0 Å². The first kappa shape index (κ1) is 9.66. The molecule has 0 atom stereocenters. The number of hydrogen-bond donors (Lipinski definition) is 0. The van der Waals surface area contributed by atoms with Gasteiger partial charge in [-0.1, -0.05) is 26.7 Å². The van der Waals surface area contributed by atoms with Gasteiger partial charge >= 0.3 is 21.8 Å². The Morgan fingerprint density at radius 1 is 1.67 bits per heavy atom. The van der Waals surface area contributed by atoms with Crippen LogP contribution in [0.5, 0.6) is 0 Å². The molecule has 0 bridgehead atoms. The summed E-state index contributed by atoms with van der Waals surface area (Å²) in [6.07, 6.45) is 2.28. The van der Waals surface area contributed by atoms with Gasteiger partial charge in [-0.2, -0.15) is 0 Å². The molecule has 0 amide bonds. The fourth-order valence-corrected chi connectivity index (χ4v) is 0. The predicted octanol–water partition coefficient (Wildman–Crippen LogP) is 1.50. The molecule has 0 saturated heterocycles. The van der Waals surface area contributed by atoms with E-state index in [-0.39, 0.29) is 18.3 Å². The van der Waals surface area contributed by atoms with Crippen LogP contribution in [0.15, 0.2) is 0 Å². The third-order valence-electron chi connectivity index (χ3n) is 0.354. The molecule has 6 heavy (non-hydrogen) atoms. The van der Waals surface area contributed by atoms with Gasteiger partial charge in [-0.25, -0.2) is 0 Å². The van der Waals surface area contributed by atoms with Crippen molar-refractivity contribution in [1.29, 1.82) is 0 Å². The van der Waals surface area contributed by atoms with Crippen LogP contribution in [0.1, 0.15) is 19.8 Å². The Hall–Kier alpha value is 0.423. The summed E-state index contributed by atoms with van der Waals surface area (Å²) in [4.78, 5) is 0. The van der Waals surface area contributed by atoms with E-state index in [1.165, 1.54) is 6.42 Å². The van der Waals surface area contributed by atoms with Crippen LogP contribution in [0, 0.1) is 6.92 Å². The third-order valence-corrected chi connectivity index (χ3v) is 0.354. The van der Waals surface area contributed by atoms with Crippen molar-refractivity contribution < 1.29 is 21.8 Å². The van der Waals surface area contributed by atoms with E-state index in [2.05, 4.69) is 13.8 Å². The zero-order valence-corrected chi connectivity index (χ0v) is 7.20. The molecule has 0 rings (SSSR count). The summed E-state index contributed by atoms with van der Waals surface area (Å²) in [7, 11) is 0. The van der Waals surface area contributed by atoms with Crippen molar-refractivity contribution in [1.82, 2.24) is 0 Å². The second-order valence-electron chi connectivity index (χ2n) is 0.854. The van der Waals surface area contributed by atoms with Crippen molar-refractivity contribution in [2.75, 3.05) is 0 Å². The second-order valence-corrected chi connectivity index (χ2v) is 0.854. The summed E-state index contributed by atoms with van der Waals surface area (Å²) in [5.41, 5.74) is 0. The van der Waals surface area contributed by atoms with E-state index < -0.39 is 0 Å². The number of hydrogen-bond acceptors (Lipinski definition) is 1. The van der Waals surface area contributed by atoms with Crippen LogP contribution < -0.4 is 0 Å². The van der Waals surface area contributed by atoms with Gasteiger partial charge in [-0.05, 0) is 0 Å². The van der Waals surface area contributed by atoms with E-state index in [1.54, 1.807) is 0 Å². The Balaban J connectivity index is 0. The van der Waals surface area contributed by atoms with Crippen LogP contribution in [0.25, 0.3) is 0 Å². The Morgan fingerprint density at radius 3 is 1.83 bits per heavy atom. The van der Waals surface area contributed by atoms with Gasteiger partial charge in [0.1, 0.15) is 0 Å². The molecule has 1 radical (unpaired) electrons. The molecule has 0 spiro atoms.